The maximum atomic E-state index is 6.18. The zero-order valence-electron chi connectivity index (χ0n) is 9.34. The Bertz CT molecular complexity index is 192. The summed E-state index contributed by atoms with van der Waals surface area (Å²) in [5.41, 5.74) is 6.18. The number of terminal acetylenes is 1. The molecule has 1 fully saturated rings. The molecule has 3 unspecified atom stereocenters. The highest BCUT2D eigenvalue weighted by molar-refractivity contribution is 4.85. The van der Waals surface area contributed by atoms with Gasteiger partial charge < -0.3 is 5.73 Å². The first-order valence-corrected chi connectivity index (χ1v) is 5.93. The van der Waals surface area contributed by atoms with E-state index in [0.29, 0.717) is 6.04 Å². The van der Waals surface area contributed by atoms with Crippen molar-refractivity contribution in [3.05, 3.63) is 0 Å². The normalized spacial score (nSPS) is 29.5. The summed E-state index contributed by atoms with van der Waals surface area (Å²) in [4.78, 5) is 0. The Morgan fingerprint density at radius 1 is 1.50 bits per heavy atom. The third-order valence-electron chi connectivity index (χ3n) is 3.44. The van der Waals surface area contributed by atoms with Gasteiger partial charge in [0.15, 0.2) is 0 Å². The van der Waals surface area contributed by atoms with Gasteiger partial charge in [-0.1, -0.05) is 19.8 Å². The van der Waals surface area contributed by atoms with E-state index in [-0.39, 0.29) is 0 Å². The molecule has 1 aliphatic rings. The van der Waals surface area contributed by atoms with E-state index in [1.165, 1.54) is 25.7 Å². The van der Waals surface area contributed by atoms with E-state index in [4.69, 9.17) is 12.2 Å². The van der Waals surface area contributed by atoms with Crippen LogP contribution in [0, 0.1) is 24.2 Å². The first-order chi connectivity index (χ1) is 6.74. The second-order valence-corrected chi connectivity index (χ2v) is 4.79. The smallest absolute Gasteiger partial charge is 0.00866 e. The van der Waals surface area contributed by atoms with E-state index in [0.717, 1.165) is 31.1 Å². The zero-order chi connectivity index (χ0) is 10.4. The Balaban J connectivity index is 2.22. The molecule has 1 aliphatic carbocycles. The third kappa shape index (κ3) is 3.72. The molecule has 0 aliphatic heterocycles. The van der Waals surface area contributed by atoms with E-state index in [2.05, 4.69) is 12.8 Å². The van der Waals surface area contributed by atoms with Gasteiger partial charge in [0.2, 0.25) is 0 Å². The highest BCUT2D eigenvalue weighted by atomic mass is 14.6. The van der Waals surface area contributed by atoms with Crippen LogP contribution in [-0.2, 0) is 0 Å². The van der Waals surface area contributed by atoms with Crippen molar-refractivity contribution in [2.24, 2.45) is 17.6 Å². The quantitative estimate of drug-likeness (QED) is 0.539. The summed E-state index contributed by atoms with van der Waals surface area (Å²) in [6.07, 6.45) is 13.8. The molecule has 0 radical (unpaired) electrons. The average molecular weight is 193 g/mol. The fourth-order valence-corrected chi connectivity index (χ4v) is 2.55. The van der Waals surface area contributed by atoms with Crippen molar-refractivity contribution < 1.29 is 0 Å². The van der Waals surface area contributed by atoms with Crippen molar-refractivity contribution in [3.8, 4) is 12.3 Å². The summed E-state index contributed by atoms with van der Waals surface area (Å²) in [6, 6.07) is 0.395. The van der Waals surface area contributed by atoms with E-state index in [9.17, 15) is 0 Å². The van der Waals surface area contributed by atoms with Crippen molar-refractivity contribution in [1.82, 2.24) is 0 Å². The highest BCUT2D eigenvalue weighted by Crippen LogP contribution is 2.31. The molecule has 0 heterocycles. The standard InChI is InChI=1S/C13H23N/c1-3-4-5-9-13(14)12-8-6-7-11(2)10-12/h1,11-13H,4-10,14H2,2H3. The molecule has 1 heteroatoms. The molecular formula is C13H23N. The van der Waals surface area contributed by atoms with Gasteiger partial charge in [0.1, 0.15) is 0 Å². The molecule has 1 nitrogen and oxygen atoms in total. The van der Waals surface area contributed by atoms with Gasteiger partial charge in [-0.15, -0.1) is 12.3 Å². The molecule has 0 spiro atoms. The van der Waals surface area contributed by atoms with Gasteiger partial charge >= 0.3 is 0 Å². The van der Waals surface area contributed by atoms with Crippen molar-refractivity contribution in [3.63, 3.8) is 0 Å². The van der Waals surface area contributed by atoms with Crippen molar-refractivity contribution in [2.45, 2.75) is 57.9 Å². The van der Waals surface area contributed by atoms with E-state index in [1.54, 1.807) is 0 Å². The number of hydrogen-bond donors (Lipinski definition) is 1. The summed E-state index contributed by atoms with van der Waals surface area (Å²) in [6.45, 7) is 2.35. The van der Waals surface area contributed by atoms with E-state index < -0.39 is 0 Å². The average Bonchev–Trinajstić information content (AvgIpc) is 2.18. The van der Waals surface area contributed by atoms with E-state index in [1.807, 2.05) is 0 Å². The van der Waals surface area contributed by atoms with E-state index >= 15 is 0 Å². The van der Waals surface area contributed by atoms with Crippen LogP contribution in [0.3, 0.4) is 0 Å². The Labute approximate surface area is 88.5 Å². The minimum Gasteiger partial charge on any atom is -0.327 e. The Hall–Kier alpha value is -0.480. The van der Waals surface area contributed by atoms with Crippen molar-refractivity contribution in [1.29, 1.82) is 0 Å². The van der Waals surface area contributed by atoms with Crippen LogP contribution >= 0.6 is 0 Å². The maximum Gasteiger partial charge on any atom is 0.00866 e. The van der Waals surface area contributed by atoms with Gasteiger partial charge in [-0.25, -0.2) is 0 Å². The predicted octanol–water partition coefficient (Wildman–Crippen LogP) is 2.94. The largest absolute Gasteiger partial charge is 0.327 e. The molecule has 0 amide bonds. The van der Waals surface area contributed by atoms with Gasteiger partial charge in [0, 0.05) is 12.5 Å². The predicted molar refractivity (Wildman–Crippen MR) is 61.8 cm³/mol. The number of unbranched alkanes of at least 4 members (excludes halogenated alkanes) is 1. The lowest BCUT2D eigenvalue weighted by atomic mass is 9.78. The molecule has 2 N–H and O–H groups in total. The summed E-state index contributed by atoms with van der Waals surface area (Å²) in [7, 11) is 0. The summed E-state index contributed by atoms with van der Waals surface area (Å²) < 4.78 is 0. The number of rotatable bonds is 4. The summed E-state index contributed by atoms with van der Waals surface area (Å²) >= 11 is 0. The Morgan fingerprint density at radius 3 is 2.93 bits per heavy atom. The van der Waals surface area contributed by atoms with Crippen molar-refractivity contribution in [2.75, 3.05) is 0 Å². The first kappa shape index (κ1) is 11.6. The minimum absolute atomic E-state index is 0.395. The van der Waals surface area contributed by atoms with Gasteiger partial charge in [0.05, 0.1) is 0 Å². The number of nitrogens with two attached hydrogens (primary N) is 1. The first-order valence-electron chi connectivity index (χ1n) is 5.93. The fraction of sp³-hybridized carbons (Fsp3) is 0.846. The second-order valence-electron chi connectivity index (χ2n) is 4.79. The van der Waals surface area contributed by atoms with Crippen LogP contribution < -0.4 is 5.73 Å². The van der Waals surface area contributed by atoms with Crippen LogP contribution in [0.4, 0.5) is 0 Å². The maximum absolute atomic E-state index is 6.18. The lowest BCUT2D eigenvalue weighted by Crippen LogP contribution is -2.33. The Kier molecular flexibility index (Phi) is 5.04. The monoisotopic (exact) mass is 193 g/mol. The molecule has 3 atom stereocenters. The minimum atomic E-state index is 0.395. The molecule has 14 heavy (non-hydrogen) atoms. The van der Waals surface area contributed by atoms with Crippen LogP contribution in [0.1, 0.15) is 51.9 Å². The molecule has 0 bridgehead atoms. The molecule has 0 aromatic heterocycles. The Morgan fingerprint density at radius 2 is 2.29 bits per heavy atom. The fourth-order valence-electron chi connectivity index (χ4n) is 2.55. The molecule has 0 aromatic rings. The van der Waals surface area contributed by atoms with Crippen LogP contribution in [0.25, 0.3) is 0 Å². The zero-order valence-corrected chi connectivity index (χ0v) is 9.34. The molecular weight excluding hydrogens is 170 g/mol. The molecule has 0 aromatic carbocycles. The summed E-state index contributed by atoms with van der Waals surface area (Å²) in [5.74, 6) is 4.32. The van der Waals surface area contributed by atoms with Gasteiger partial charge in [-0.3, -0.25) is 0 Å². The second kappa shape index (κ2) is 6.09. The lowest BCUT2D eigenvalue weighted by molar-refractivity contribution is 0.238. The lowest BCUT2D eigenvalue weighted by Gasteiger charge is -2.31. The van der Waals surface area contributed by atoms with Crippen molar-refractivity contribution >= 4 is 0 Å². The molecule has 1 saturated carbocycles. The third-order valence-corrected chi connectivity index (χ3v) is 3.44. The number of hydrogen-bond acceptors (Lipinski definition) is 1. The van der Waals surface area contributed by atoms with Gasteiger partial charge in [0.25, 0.3) is 0 Å². The van der Waals surface area contributed by atoms with Gasteiger partial charge in [-0.05, 0) is 37.5 Å². The van der Waals surface area contributed by atoms with Crippen LogP contribution in [-0.4, -0.2) is 6.04 Å². The van der Waals surface area contributed by atoms with Gasteiger partial charge in [-0.2, -0.15) is 0 Å². The highest BCUT2D eigenvalue weighted by Gasteiger charge is 2.23. The molecule has 0 saturated heterocycles. The molecule has 1 rings (SSSR count). The topological polar surface area (TPSA) is 26.0 Å². The van der Waals surface area contributed by atoms with Crippen LogP contribution in [0.15, 0.2) is 0 Å². The van der Waals surface area contributed by atoms with Crippen LogP contribution in [0.5, 0.6) is 0 Å². The van der Waals surface area contributed by atoms with Crippen LogP contribution in [0.2, 0.25) is 0 Å². The summed E-state index contributed by atoms with van der Waals surface area (Å²) in [5, 5.41) is 0. The SMILES string of the molecule is C#CCCCC(N)C1CCCC(C)C1. The molecule has 80 valence electrons.